The lowest BCUT2D eigenvalue weighted by Crippen LogP contribution is -2.59. The summed E-state index contributed by atoms with van der Waals surface area (Å²) in [6.07, 6.45) is 16.8. The summed E-state index contributed by atoms with van der Waals surface area (Å²) >= 11 is 0. The third-order valence-electron chi connectivity index (χ3n) is 11.2. The first kappa shape index (κ1) is 55.1. The largest absolute Gasteiger partial charge is 0.396 e. The van der Waals surface area contributed by atoms with Crippen molar-refractivity contribution < 1.29 is 34.2 Å². The Morgan fingerprint density at radius 3 is 1.70 bits per heavy atom. The standard InChI is InChI=1S/C47H83N7O7/c1-6-7-8-9-10-11-12-13-14-15-16-17-18-22-26-38(48)45(60)54-43(35(5)56)46(61)53-42(33(2)3)41(58)31-37(30-36-24-20-19-21-25-36)44(59)52-39(27-23-28-51-47(49)50)40(57)29-34(4)32-55/h19-21,24-25,33-35,37-39,42-43,55-56H,6-18,22-23,26-32,48H2,1-5H3,(H,52,59)(H,53,61)(H,54,60)(H4,49,50,51)/t34-,35+,37+,38?,39-,42-,43-/m0/s1. The van der Waals surface area contributed by atoms with Crippen LogP contribution in [0.15, 0.2) is 35.3 Å². The van der Waals surface area contributed by atoms with Crippen LogP contribution in [0.25, 0.3) is 0 Å². The first-order valence-corrected chi connectivity index (χ1v) is 23.2. The highest BCUT2D eigenvalue weighted by Crippen LogP contribution is 2.19. The molecular weight excluding hydrogens is 775 g/mol. The molecule has 0 aliphatic rings. The molecule has 11 N–H and O–H groups in total. The molecule has 0 fully saturated rings. The molecule has 14 heteroatoms. The number of carbonyl (C=O) groups excluding carboxylic acids is 5. The van der Waals surface area contributed by atoms with Crippen LogP contribution in [0.1, 0.15) is 162 Å². The van der Waals surface area contributed by atoms with Gasteiger partial charge in [0.15, 0.2) is 17.5 Å². The highest BCUT2D eigenvalue weighted by atomic mass is 16.3. The maximum Gasteiger partial charge on any atom is 0.245 e. The van der Waals surface area contributed by atoms with Crippen LogP contribution >= 0.6 is 0 Å². The summed E-state index contributed by atoms with van der Waals surface area (Å²) in [6, 6.07) is 4.99. The number of nitrogens with zero attached hydrogens (tertiary/aromatic N) is 1. The molecule has 0 aliphatic heterocycles. The topological polar surface area (TPSA) is 252 Å². The minimum atomic E-state index is -1.36. The van der Waals surface area contributed by atoms with Crippen molar-refractivity contribution in [3.05, 3.63) is 35.9 Å². The van der Waals surface area contributed by atoms with E-state index in [2.05, 4.69) is 27.9 Å². The Bertz CT molecular complexity index is 1420. The van der Waals surface area contributed by atoms with Crippen LogP contribution in [0.3, 0.4) is 0 Å². The fourth-order valence-electron chi connectivity index (χ4n) is 7.40. The van der Waals surface area contributed by atoms with E-state index < -0.39 is 65.6 Å². The van der Waals surface area contributed by atoms with Crippen LogP contribution in [-0.2, 0) is 30.4 Å². The van der Waals surface area contributed by atoms with E-state index in [0.717, 1.165) is 31.2 Å². The number of hydrogen-bond acceptors (Lipinski definition) is 9. The molecule has 0 aliphatic carbocycles. The van der Waals surface area contributed by atoms with Crippen LogP contribution in [0.4, 0.5) is 0 Å². The summed E-state index contributed by atoms with van der Waals surface area (Å²) in [6.45, 7) is 8.92. The van der Waals surface area contributed by atoms with Crippen LogP contribution in [0, 0.1) is 17.8 Å². The SMILES string of the molecule is CCCCCCCCCCCCCCCCC(N)C(=O)N[C@H](C(=O)N[C@H](C(=O)C[C@@H](Cc1ccccc1)C(=O)N[C@@H](CCCN=C(N)N)C(=O)C[C@H](C)CO)C(C)C)[C@@H](C)O. The minimum absolute atomic E-state index is 0.0405. The predicted octanol–water partition coefficient (Wildman–Crippen LogP) is 5.14. The van der Waals surface area contributed by atoms with Gasteiger partial charge in [0.2, 0.25) is 17.7 Å². The highest BCUT2D eigenvalue weighted by molar-refractivity contribution is 5.96. The summed E-state index contributed by atoms with van der Waals surface area (Å²) in [7, 11) is 0. The zero-order valence-corrected chi connectivity index (χ0v) is 38.2. The number of benzene rings is 1. The van der Waals surface area contributed by atoms with Gasteiger partial charge in [0.1, 0.15) is 6.04 Å². The second-order valence-electron chi connectivity index (χ2n) is 17.5. The number of ketones is 2. The summed E-state index contributed by atoms with van der Waals surface area (Å²) in [5, 5.41) is 28.3. The number of guanidine groups is 1. The van der Waals surface area contributed by atoms with E-state index in [1.807, 2.05) is 30.3 Å². The molecule has 61 heavy (non-hydrogen) atoms. The van der Waals surface area contributed by atoms with Gasteiger partial charge in [-0.1, -0.05) is 148 Å². The van der Waals surface area contributed by atoms with Gasteiger partial charge < -0.3 is 43.4 Å². The van der Waals surface area contributed by atoms with Gasteiger partial charge in [-0.3, -0.25) is 29.0 Å². The van der Waals surface area contributed by atoms with Gasteiger partial charge in [0, 0.05) is 31.9 Å². The molecule has 1 unspecified atom stereocenters. The number of aliphatic hydroxyl groups is 2. The first-order chi connectivity index (χ1) is 29.1. The van der Waals surface area contributed by atoms with E-state index in [1.54, 1.807) is 20.8 Å². The molecule has 3 amide bonds. The Kier molecular flexibility index (Phi) is 29.6. The molecule has 1 aromatic carbocycles. The lowest BCUT2D eigenvalue weighted by atomic mass is 9.87. The fraction of sp³-hybridized carbons (Fsp3) is 0.745. The number of nitrogens with one attached hydrogen (secondary N) is 3. The van der Waals surface area contributed by atoms with Crippen molar-refractivity contribution in [1.82, 2.24) is 16.0 Å². The monoisotopic (exact) mass is 858 g/mol. The number of aliphatic hydroxyl groups excluding tert-OH is 2. The fourth-order valence-corrected chi connectivity index (χ4v) is 7.40. The molecule has 348 valence electrons. The van der Waals surface area contributed by atoms with E-state index in [4.69, 9.17) is 17.2 Å². The second-order valence-corrected chi connectivity index (χ2v) is 17.5. The van der Waals surface area contributed by atoms with Crippen molar-refractivity contribution >= 4 is 35.2 Å². The number of amides is 3. The van der Waals surface area contributed by atoms with Gasteiger partial charge in [-0.05, 0) is 50.0 Å². The number of carbonyl (C=O) groups is 5. The molecule has 0 saturated heterocycles. The second kappa shape index (κ2) is 32.8. The first-order valence-electron chi connectivity index (χ1n) is 23.2. The van der Waals surface area contributed by atoms with Gasteiger partial charge in [-0.2, -0.15) is 0 Å². The van der Waals surface area contributed by atoms with E-state index in [9.17, 15) is 34.2 Å². The number of Topliss-reactive ketones (excluding diaryl/α,β-unsaturated/α-hetero) is 2. The van der Waals surface area contributed by atoms with Crippen molar-refractivity contribution in [1.29, 1.82) is 0 Å². The maximum absolute atomic E-state index is 14.0. The molecule has 0 aromatic heterocycles. The molecule has 0 spiro atoms. The molecule has 0 bridgehead atoms. The number of rotatable bonds is 36. The lowest BCUT2D eigenvalue weighted by Gasteiger charge is -2.28. The molecule has 1 rings (SSSR count). The van der Waals surface area contributed by atoms with Gasteiger partial charge >= 0.3 is 0 Å². The molecule has 14 nitrogen and oxygen atoms in total. The van der Waals surface area contributed by atoms with Gasteiger partial charge in [0.05, 0.1) is 24.2 Å². The average molecular weight is 858 g/mol. The lowest BCUT2D eigenvalue weighted by molar-refractivity contribution is -0.136. The Morgan fingerprint density at radius 2 is 1.20 bits per heavy atom. The van der Waals surface area contributed by atoms with Gasteiger partial charge in [-0.15, -0.1) is 0 Å². The highest BCUT2D eigenvalue weighted by Gasteiger charge is 2.35. The summed E-state index contributed by atoms with van der Waals surface area (Å²) in [4.78, 5) is 72.1. The zero-order chi connectivity index (χ0) is 45.6. The van der Waals surface area contributed by atoms with E-state index >= 15 is 0 Å². The number of nitrogens with two attached hydrogens (primary N) is 3. The average Bonchev–Trinajstić information content (AvgIpc) is 3.22. The van der Waals surface area contributed by atoms with Crippen molar-refractivity contribution in [2.24, 2.45) is 39.9 Å². The third-order valence-corrected chi connectivity index (χ3v) is 11.2. The quantitative estimate of drug-likeness (QED) is 0.0251. The molecule has 1 aromatic rings. The zero-order valence-electron chi connectivity index (χ0n) is 38.2. The summed E-state index contributed by atoms with van der Waals surface area (Å²) in [5.74, 6) is -4.21. The normalized spacial score (nSPS) is 14.8. The van der Waals surface area contributed by atoms with Crippen LogP contribution < -0.4 is 33.2 Å². The maximum atomic E-state index is 14.0. The minimum Gasteiger partial charge on any atom is -0.396 e. The predicted molar refractivity (Wildman–Crippen MR) is 244 cm³/mol. The van der Waals surface area contributed by atoms with Gasteiger partial charge in [-0.25, -0.2) is 0 Å². The number of hydrogen-bond donors (Lipinski definition) is 8. The van der Waals surface area contributed by atoms with Gasteiger partial charge in [0.25, 0.3) is 0 Å². The number of aliphatic imine (C=N–C) groups is 1. The molecular formula is C47H83N7O7. The van der Waals surface area contributed by atoms with E-state index in [1.165, 1.54) is 71.1 Å². The molecule has 7 atom stereocenters. The van der Waals surface area contributed by atoms with E-state index in [0.29, 0.717) is 12.8 Å². The number of unbranched alkanes of at least 4 members (excludes halogenated alkanes) is 13. The van der Waals surface area contributed by atoms with E-state index in [-0.39, 0.29) is 56.5 Å². The van der Waals surface area contributed by atoms with Crippen molar-refractivity contribution in [3.63, 3.8) is 0 Å². The molecule has 0 heterocycles. The Morgan fingerprint density at radius 1 is 0.656 bits per heavy atom. The Balaban J connectivity index is 2.89. The summed E-state index contributed by atoms with van der Waals surface area (Å²) in [5.41, 5.74) is 17.9. The van der Waals surface area contributed by atoms with Crippen LogP contribution in [0.2, 0.25) is 0 Å². The third kappa shape index (κ3) is 25.0. The smallest absolute Gasteiger partial charge is 0.245 e. The van der Waals surface area contributed by atoms with Crippen molar-refractivity contribution in [2.75, 3.05) is 13.2 Å². The molecule has 0 radical (unpaired) electrons. The van der Waals surface area contributed by atoms with Crippen molar-refractivity contribution in [2.45, 2.75) is 193 Å². The van der Waals surface area contributed by atoms with Crippen LogP contribution in [0.5, 0.6) is 0 Å². The van der Waals surface area contributed by atoms with Crippen molar-refractivity contribution in [3.8, 4) is 0 Å². The Hall–Kier alpha value is -3.88. The Labute approximate surface area is 366 Å². The summed E-state index contributed by atoms with van der Waals surface area (Å²) < 4.78 is 0. The van der Waals surface area contributed by atoms with Crippen LogP contribution in [-0.4, -0.2) is 88.9 Å². The molecule has 0 saturated carbocycles.